The van der Waals surface area contributed by atoms with Crippen molar-refractivity contribution < 1.29 is 19.9 Å². The smallest absolute Gasteiger partial charge is 0.276 e. The van der Waals surface area contributed by atoms with E-state index in [1.165, 1.54) is 17.3 Å². The van der Waals surface area contributed by atoms with E-state index in [2.05, 4.69) is 4.98 Å². The summed E-state index contributed by atoms with van der Waals surface area (Å²) in [6, 6.07) is 14.0. The van der Waals surface area contributed by atoms with Crippen molar-refractivity contribution in [3.05, 3.63) is 60.4 Å². The molecule has 0 aliphatic heterocycles. The van der Waals surface area contributed by atoms with Gasteiger partial charge in [-0.1, -0.05) is 24.3 Å². The Kier molecular flexibility index (Phi) is 5.26. The first-order valence-electron chi connectivity index (χ1n) is 8.00. The molecule has 0 aliphatic rings. The van der Waals surface area contributed by atoms with Crippen molar-refractivity contribution in [3.8, 4) is 0 Å². The number of nitrogens with zero attached hydrogens (tertiary/aromatic N) is 3. The van der Waals surface area contributed by atoms with Gasteiger partial charge in [-0.2, -0.15) is 0 Å². The van der Waals surface area contributed by atoms with Gasteiger partial charge in [-0.15, -0.1) is 0 Å². The average Bonchev–Trinajstić information content (AvgIpc) is 3.09. The summed E-state index contributed by atoms with van der Waals surface area (Å²) in [7, 11) is 0. The maximum atomic E-state index is 12.8. The zero-order valence-electron chi connectivity index (χ0n) is 13.9. The molecule has 8 heteroatoms. The molecule has 134 valence electrons. The molecular weight excluding hydrogens is 336 g/mol. The molecule has 2 aromatic carbocycles. The van der Waals surface area contributed by atoms with Gasteiger partial charge in [0.15, 0.2) is 0 Å². The van der Waals surface area contributed by atoms with Crippen molar-refractivity contribution in [1.82, 2.24) is 15.0 Å². The SMILES string of the molecule is O=C(NO)c1cccc2c1ncn2CC(=O)N(CCO)c1ccccc1. The molecule has 0 fully saturated rings. The van der Waals surface area contributed by atoms with Gasteiger partial charge in [0, 0.05) is 12.2 Å². The van der Waals surface area contributed by atoms with E-state index in [0.717, 1.165) is 0 Å². The van der Waals surface area contributed by atoms with Crippen LogP contribution in [0.5, 0.6) is 0 Å². The second-order valence-electron chi connectivity index (χ2n) is 5.59. The van der Waals surface area contributed by atoms with Crippen molar-refractivity contribution in [1.29, 1.82) is 0 Å². The van der Waals surface area contributed by atoms with Crippen molar-refractivity contribution >= 4 is 28.5 Å². The van der Waals surface area contributed by atoms with Gasteiger partial charge in [0.1, 0.15) is 12.1 Å². The highest BCUT2D eigenvalue weighted by atomic mass is 16.5. The summed E-state index contributed by atoms with van der Waals surface area (Å²) < 4.78 is 1.62. The largest absolute Gasteiger partial charge is 0.395 e. The van der Waals surface area contributed by atoms with Crippen LogP contribution in [0.2, 0.25) is 0 Å². The van der Waals surface area contributed by atoms with Crippen molar-refractivity contribution in [3.63, 3.8) is 0 Å². The molecule has 0 aliphatic carbocycles. The molecule has 0 spiro atoms. The molecule has 1 heterocycles. The molecule has 0 saturated carbocycles. The Labute approximate surface area is 149 Å². The first-order valence-corrected chi connectivity index (χ1v) is 8.00. The minimum atomic E-state index is -0.668. The molecule has 8 nitrogen and oxygen atoms in total. The number of imidazole rings is 1. The van der Waals surface area contributed by atoms with E-state index in [1.807, 2.05) is 18.2 Å². The van der Waals surface area contributed by atoms with E-state index in [-0.39, 0.29) is 31.2 Å². The Bertz CT molecular complexity index is 923. The molecule has 0 atom stereocenters. The Hall–Kier alpha value is -3.23. The highest BCUT2D eigenvalue weighted by molar-refractivity contribution is 6.04. The molecule has 26 heavy (non-hydrogen) atoms. The van der Waals surface area contributed by atoms with E-state index in [9.17, 15) is 14.7 Å². The van der Waals surface area contributed by atoms with Crippen LogP contribution in [0.25, 0.3) is 11.0 Å². The third kappa shape index (κ3) is 3.41. The summed E-state index contributed by atoms with van der Waals surface area (Å²) in [5.41, 5.74) is 3.48. The second-order valence-corrected chi connectivity index (χ2v) is 5.59. The Morgan fingerprint density at radius 3 is 2.58 bits per heavy atom. The number of carbonyl (C=O) groups is 2. The third-order valence-corrected chi connectivity index (χ3v) is 3.99. The molecule has 3 N–H and O–H groups in total. The number of para-hydroxylation sites is 2. The number of carbonyl (C=O) groups excluding carboxylic acids is 2. The number of hydrogen-bond acceptors (Lipinski definition) is 5. The summed E-state index contributed by atoms with van der Waals surface area (Å²) in [6.07, 6.45) is 1.47. The van der Waals surface area contributed by atoms with E-state index in [0.29, 0.717) is 16.7 Å². The Morgan fingerprint density at radius 2 is 1.88 bits per heavy atom. The Balaban J connectivity index is 1.90. The highest BCUT2D eigenvalue weighted by Gasteiger charge is 2.18. The fraction of sp³-hybridized carbons (Fsp3) is 0.167. The fourth-order valence-electron chi connectivity index (χ4n) is 2.79. The number of anilines is 1. The molecule has 0 bridgehead atoms. The number of aliphatic hydroxyl groups excluding tert-OH is 1. The number of aliphatic hydroxyl groups is 1. The predicted octanol–water partition coefficient (Wildman–Crippen LogP) is 1.18. The number of hydrogen-bond donors (Lipinski definition) is 3. The predicted molar refractivity (Wildman–Crippen MR) is 94.9 cm³/mol. The number of hydroxylamine groups is 1. The average molecular weight is 354 g/mol. The number of benzene rings is 2. The van der Waals surface area contributed by atoms with Crippen molar-refractivity contribution in [2.45, 2.75) is 6.54 Å². The van der Waals surface area contributed by atoms with Crippen LogP contribution in [0.15, 0.2) is 54.9 Å². The van der Waals surface area contributed by atoms with E-state index in [1.54, 1.807) is 34.3 Å². The van der Waals surface area contributed by atoms with Gasteiger partial charge in [-0.25, -0.2) is 10.5 Å². The Morgan fingerprint density at radius 1 is 1.12 bits per heavy atom. The highest BCUT2D eigenvalue weighted by Crippen LogP contribution is 2.19. The molecule has 0 unspecified atom stereocenters. The van der Waals surface area contributed by atoms with Crippen LogP contribution in [0, 0.1) is 0 Å². The van der Waals surface area contributed by atoms with Crippen LogP contribution < -0.4 is 10.4 Å². The summed E-state index contributed by atoms with van der Waals surface area (Å²) in [6.45, 7) is 0.00929. The number of amides is 2. The van der Waals surface area contributed by atoms with Gasteiger partial charge in [-0.05, 0) is 24.3 Å². The molecule has 1 aromatic heterocycles. The molecule has 0 radical (unpaired) electrons. The van der Waals surface area contributed by atoms with Gasteiger partial charge >= 0.3 is 0 Å². The third-order valence-electron chi connectivity index (χ3n) is 3.99. The minimum Gasteiger partial charge on any atom is -0.395 e. The second kappa shape index (κ2) is 7.77. The molecular formula is C18H18N4O4. The maximum absolute atomic E-state index is 12.8. The number of nitrogens with one attached hydrogen (secondary N) is 1. The van der Waals surface area contributed by atoms with Crippen LogP contribution in [-0.2, 0) is 11.3 Å². The lowest BCUT2D eigenvalue weighted by Crippen LogP contribution is -2.36. The first kappa shape index (κ1) is 17.6. The topological polar surface area (TPSA) is 108 Å². The molecule has 3 aromatic rings. The summed E-state index contributed by atoms with van der Waals surface area (Å²) in [4.78, 5) is 30.2. The normalized spacial score (nSPS) is 10.7. The van der Waals surface area contributed by atoms with Crippen molar-refractivity contribution in [2.75, 3.05) is 18.1 Å². The standard InChI is InChI=1S/C18H18N4O4/c23-10-9-22(13-5-2-1-3-6-13)16(24)11-21-12-19-17-14(18(25)20-26)7-4-8-15(17)21/h1-8,12,23,26H,9-11H2,(H,20,25). The maximum Gasteiger partial charge on any atom is 0.276 e. The summed E-state index contributed by atoms with van der Waals surface area (Å²) in [5.74, 6) is -0.889. The quantitative estimate of drug-likeness (QED) is 0.455. The molecule has 2 amide bonds. The van der Waals surface area contributed by atoms with Crippen molar-refractivity contribution in [2.24, 2.45) is 0 Å². The van der Waals surface area contributed by atoms with E-state index < -0.39 is 5.91 Å². The number of fused-ring (bicyclic) bond motifs is 1. The number of rotatable bonds is 6. The van der Waals surface area contributed by atoms with Gasteiger partial charge in [0.2, 0.25) is 5.91 Å². The van der Waals surface area contributed by atoms with E-state index in [4.69, 9.17) is 5.21 Å². The van der Waals surface area contributed by atoms with Gasteiger partial charge in [-0.3, -0.25) is 14.8 Å². The first-order chi connectivity index (χ1) is 12.7. The monoisotopic (exact) mass is 354 g/mol. The van der Waals surface area contributed by atoms with Crippen LogP contribution in [0.1, 0.15) is 10.4 Å². The van der Waals surface area contributed by atoms with Gasteiger partial charge in [0.05, 0.1) is 24.0 Å². The number of aromatic nitrogens is 2. The van der Waals surface area contributed by atoms with Gasteiger partial charge in [0.25, 0.3) is 5.91 Å². The zero-order chi connectivity index (χ0) is 18.5. The van der Waals surface area contributed by atoms with Crippen LogP contribution in [-0.4, -0.2) is 44.8 Å². The van der Waals surface area contributed by atoms with Crippen LogP contribution in [0.4, 0.5) is 5.69 Å². The van der Waals surface area contributed by atoms with Crippen LogP contribution >= 0.6 is 0 Å². The lowest BCUT2D eigenvalue weighted by atomic mass is 10.1. The van der Waals surface area contributed by atoms with Gasteiger partial charge < -0.3 is 14.6 Å². The zero-order valence-corrected chi connectivity index (χ0v) is 13.9. The molecule has 0 saturated heterocycles. The molecule has 3 rings (SSSR count). The minimum absolute atomic E-state index is 0.00437. The summed E-state index contributed by atoms with van der Waals surface area (Å²) >= 11 is 0. The summed E-state index contributed by atoms with van der Waals surface area (Å²) in [5, 5.41) is 18.1. The van der Waals surface area contributed by atoms with E-state index >= 15 is 0 Å². The van der Waals surface area contributed by atoms with Crippen LogP contribution in [0.3, 0.4) is 0 Å². The fourth-order valence-corrected chi connectivity index (χ4v) is 2.79. The lowest BCUT2D eigenvalue weighted by molar-refractivity contribution is -0.119. The lowest BCUT2D eigenvalue weighted by Gasteiger charge is -2.22.